The molecule has 0 aliphatic carbocycles. The van der Waals surface area contributed by atoms with Crippen molar-refractivity contribution in [2.45, 2.75) is 295 Å². The van der Waals surface area contributed by atoms with E-state index in [1.807, 2.05) is 18.2 Å². The minimum atomic E-state index is 0.364. The molecule has 0 radical (unpaired) electrons. The van der Waals surface area contributed by atoms with Crippen LogP contribution in [0.25, 0.3) is 43.1 Å². The van der Waals surface area contributed by atoms with E-state index in [1.165, 1.54) is 197 Å². The first-order chi connectivity index (χ1) is 54.4. The van der Waals surface area contributed by atoms with Gasteiger partial charge in [0, 0.05) is 0 Å². The van der Waals surface area contributed by atoms with Crippen LogP contribution < -0.4 is 0 Å². The molecule has 0 saturated carbocycles. The zero-order valence-electron chi connectivity index (χ0n) is 78.1. The molecule has 626 valence electrons. The van der Waals surface area contributed by atoms with Gasteiger partial charge >= 0.3 is 0 Å². The van der Waals surface area contributed by atoms with Crippen LogP contribution in [-0.2, 0) is 44.9 Å². The van der Waals surface area contributed by atoms with Crippen LogP contribution in [0.2, 0.25) is 0 Å². The molecule has 116 heavy (non-hydrogen) atoms. The van der Waals surface area contributed by atoms with Gasteiger partial charge in [0.1, 0.15) is 0 Å². The number of rotatable bonds is 22. The second kappa shape index (κ2) is 50.4. The Morgan fingerprint density at radius 1 is 0.216 bits per heavy atom. The largest absolute Gasteiger partial charge is 0.0991 e. The summed E-state index contributed by atoms with van der Waals surface area (Å²) in [6.07, 6.45) is 30.7. The Bertz CT molecular complexity index is 4490. The third-order valence-electron chi connectivity index (χ3n) is 20.2. The fourth-order valence-electron chi connectivity index (χ4n) is 13.7. The monoisotopic (exact) mass is 1560 g/mol. The summed E-state index contributed by atoms with van der Waals surface area (Å²) in [7, 11) is 0. The van der Waals surface area contributed by atoms with E-state index < -0.39 is 0 Å². The van der Waals surface area contributed by atoms with Crippen molar-refractivity contribution >= 4 is 43.1 Å². The highest BCUT2D eigenvalue weighted by Crippen LogP contribution is 2.30. The number of fused-ring (bicyclic) bond motifs is 4. The first kappa shape index (κ1) is 100. The minimum Gasteiger partial charge on any atom is -0.0991 e. The molecule has 0 heterocycles. The number of aryl methyl sites for hydroxylation is 5. The summed E-state index contributed by atoms with van der Waals surface area (Å²) < 4.78 is 0. The summed E-state index contributed by atoms with van der Waals surface area (Å²) in [5.41, 5.74) is 15.0. The molecule has 0 heteroatoms. The van der Waals surface area contributed by atoms with Gasteiger partial charge in [0.2, 0.25) is 0 Å². The van der Waals surface area contributed by atoms with Gasteiger partial charge in [-0.25, -0.2) is 0 Å². The predicted molar refractivity (Wildman–Crippen MR) is 525 cm³/mol. The van der Waals surface area contributed by atoms with Crippen LogP contribution >= 0.6 is 0 Å². The van der Waals surface area contributed by atoms with Crippen molar-refractivity contribution in [2.24, 2.45) is 43.3 Å². The lowest BCUT2D eigenvalue weighted by atomic mass is 9.87. The lowest BCUT2D eigenvalue weighted by Crippen LogP contribution is -2.08. The van der Waals surface area contributed by atoms with Crippen LogP contribution in [0.5, 0.6) is 0 Å². The van der Waals surface area contributed by atoms with Gasteiger partial charge < -0.3 is 0 Å². The first-order valence-electron chi connectivity index (χ1n) is 44.4. The predicted octanol–water partition coefficient (Wildman–Crippen LogP) is 35.9. The summed E-state index contributed by atoms with van der Waals surface area (Å²) in [6, 6.07) is 93.6. The molecule has 0 atom stereocenters. The van der Waals surface area contributed by atoms with Crippen LogP contribution in [0.3, 0.4) is 0 Å². The Morgan fingerprint density at radius 3 is 0.793 bits per heavy atom. The van der Waals surface area contributed by atoms with E-state index in [0.29, 0.717) is 43.3 Å². The average Bonchev–Trinajstić information content (AvgIpc) is 0.852. The third-order valence-corrected chi connectivity index (χ3v) is 20.2. The highest BCUT2D eigenvalue weighted by atomic mass is 14.2. The van der Waals surface area contributed by atoms with Crippen LogP contribution in [0.1, 0.15) is 289 Å². The van der Waals surface area contributed by atoms with E-state index in [2.05, 4.69) is 440 Å². The van der Waals surface area contributed by atoms with Crippen molar-refractivity contribution < 1.29 is 0 Å². The number of hydrogen-bond acceptors (Lipinski definition) is 0. The van der Waals surface area contributed by atoms with Gasteiger partial charge in [-0.15, -0.1) is 0 Å². The smallest absolute Gasteiger partial charge is 0.0181 e. The normalized spacial score (nSPS) is 11.9. The quantitative estimate of drug-likeness (QED) is 0.0469. The maximum atomic E-state index is 3.79. The first-order valence-corrected chi connectivity index (χ1v) is 44.4. The van der Waals surface area contributed by atoms with Gasteiger partial charge in [0.25, 0.3) is 0 Å². The summed E-state index contributed by atoms with van der Waals surface area (Å²) >= 11 is 0. The SMILES string of the molecule is C=C/C=C(\C=C)CCCCC(C)(C)C.CC(C)(C)CCCCc1ccc2ccccc2c1.CC(C)(C)CCCc1ccc2ccccc2c1.CC(C)(C)CCCc1ccccc1.CC(C)(C)CCc1ccc2ccccc2c1.CC(C)(C)CCc1ccccc1.CC(C)(C)Cc1ccc2ccccc2c1.CC(C)(C)Cc1ccccc1. The van der Waals surface area contributed by atoms with Crippen LogP contribution in [-0.4, -0.2) is 0 Å². The summed E-state index contributed by atoms with van der Waals surface area (Å²) in [5, 5.41) is 10.8. The van der Waals surface area contributed by atoms with E-state index in [-0.39, 0.29) is 0 Å². The van der Waals surface area contributed by atoms with Crippen LogP contribution in [0.4, 0.5) is 0 Å². The molecule has 0 aliphatic rings. The fraction of sp³-hybridized carbons (Fsp3) is 0.448. The zero-order valence-corrected chi connectivity index (χ0v) is 78.1. The molecule has 0 fully saturated rings. The van der Waals surface area contributed by atoms with Crippen molar-refractivity contribution in [2.75, 3.05) is 0 Å². The summed E-state index contributed by atoms with van der Waals surface area (Å²) in [4.78, 5) is 0. The van der Waals surface area contributed by atoms with Gasteiger partial charge in [0.15, 0.2) is 0 Å². The standard InChI is InChI=1S/C18H24.C17H22.C16H20.C15H18.C14H24.C13H20.C12H18.C11H16/c1-18(2,3)13-7-6-8-15-11-12-16-9-4-5-10-17(16)14-15;1-17(2,3)12-6-7-14-10-11-15-8-4-5-9-16(15)13-14;1-16(2,3)11-10-13-8-9-14-6-4-5-7-15(14)12-13;1-15(2,3)11-12-8-9-13-6-4-5-7-14(13)10-12;1-6-10-13(7-2)11-8-9-12-14(3,4)5;1-13(2,3)11-7-10-12-8-5-4-6-9-12;1-12(2,3)10-9-11-7-5-4-6-8-11;1-11(2,3)9-10-7-5-4-6-8-10/h4-5,9-12,14H,6-8,13H2,1-3H3;4-5,8-11,13H,6-7,12H2,1-3H3;4-9,12H,10-11H2,1-3H3;4-10H,11H2,1-3H3;6-7,10H,1-2,8-9,11-12H2,3-5H3;4-6,8-9H,7,10-11H2,1-3H3;4-8H,9-10H2,1-3H3;4-8H,9H2,1-3H3/b;;;;13-10+;;;. The second-order valence-electron chi connectivity index (χ2n) is 42.3. The molecule has 0 aromatic heterocycles. The lowest BCUT2D eigenvalue weighted by Gasteiger charge is -2.18. The van der Waals surface area contributed by atoms with Gasteiger partial charge in [-0.3, -0.25) is 0 Å². The highest BCUT2D eigenvalue weighted by Gasteiger charge is 2.16. The molecule has 0 aliphatic heterocycles. The number of benzene rings is 11. The molecule has 11 rings (SSSR count). The topological polar surface area (TPSA) is 0 Å². The van der Waals surface area contributed by atoms with Crippen molar-refractivity contribution in [1.29, 1.82) is 0 Å². The van der Waals surface area contributed by atoms with E-state index >= 15 is 0 Å². The van der Waals surface area contributed by atoms with Gasteiger partial charge in [-0.05, 0) is 247 Å². The fourth-order valence-corrected chi connectivity index (χ4v) is 13.7. The molecular weight excluding hydrogens is 1390 g/mol. The molecule has 0 saturated heterocycles. The Kier molecular flexibility index (Phi) is 43.5. The van der Waals surface area contributed by atoms with Gasteiger partial charge in [-0.1, -0.05) is 471 Å². The number of allylic oxidation sites excluding steroid dienone is 4. The lowest BCUT2D eigenvalue weighted by molar-refractivity contribution is 0.360. The average molecular weight is 1560 g/mol. The molecule has 0 N–H and O–H groups in total. The zero-order chi connectivity index (χ0) is 85.9. The molecule has 0 unspecified atom stereocenters. The van der Waals surface area contributed by atoms with E-state index in [4.69, 9.17) is 0 Å². The van der Waals surface area contributed by atoms with E-state index in [0.717, 1.165) is 19.3 Å². The van der Waals surface area contributed by atoms with Crippen molar-refractivity contribution in [1.82, 2.24) is 0 Å². The van der Waals surface area contributed by atoms with Crippen LogP contribution in [0.15, 0.2) is 298 Å². The highest BCUT2D eigenvalue weighted by molar-refractivity contribution is 5.85. The number of hydrogen-bond donors (Lipinski definition) is 0. The van der Waals surface area contributed by atoms with Crippen molar-refractivity contribution in [3.05, 3.63) is 337 Å². The molecule has 11 aromatic rings. The summed E-state index contributed by atoms with van der Waals surface area (Å²) in [6.45, 7) is 62.6. The van der Waals surface area contributed by atoms with Gasteiger partial charge in [0.05, 0.1) is 0 Å². The maximum absolute atomic E-state index is 3.79. The third kappa shape index (κ3) is 49.7. The minimum absolute atomic E-state index is 0.364. The van der Waals surface area contributed by atoms with E-state index in [9.17, 15) is 0 Å². The Balaban J connectivity index is 0.000000280. The molecular formula is C116H162. The molecule has 0 bridgehead atoms. The molecule has 11 aromatic carbocycles. The van der Waals surface area contributed by atoms with Crippen LogP contribution in [0, 0.1) is 43.3 Å². The van der Waals surface area contributed by atoms with E-state index in [1.54, 1.807) is 0 Å². The molecule has 0 nitrogen and oxygen atoms in total. The maximum Gasteiger partial charge on any atom is -0.0181 e. The Hall–Kier alpha value is -8.32. The van der Waals surface area contributed by atoms with Crippen molar-refractivity contribution in [3.63, 3.8) is 0 Å². The summed E-state index contributed by atoms with van der Waals surface area (Å²) in [5.74, 6) is 0. The molecule has 0 amide bonds. The van der Waals surface area contributed by atoms with Crippen molar-refractivity contribution in [3.8, 4) is 0 Å². The second-order valence-corrected chi connectivity index (χ2v) is 42.3. The number of unbranched alkanes of at least 4 members (excludes halogenated alkanes) is 2. The van der Waals surface area contributed by atoms with Gasteiger partial charge in [-0.2, -0.15) is 0 Å². The molecule has 0 spiro atoms. The Labute approximate surface area is 713 Å². The Morgan fingerprint density at radius 2 is 0.466 bits per heavy atom.